The Morgan fingerprint density at radius 1 is 1.27 bits per heavy atom. The van der Waals surface area contributed by atoms with Gasteiger partial charge in [0.25, 0.3) is 0 Å². The molecule has 0 saturated heterocycles. The summed E-state index contributed by atoms with van der Waals surface area (Å²) >= 11 is 0. The third-order valence-corrected chi connectivity index (χ3v) is 2.34. The van der Waals surface area contributed by atoms with E-state index >= 15 is 0 Å². The van der Waals surface area contributed by atoms with Gasteiger partial charge in [0.2, 0.25) is 0 Å². The fraction of sp³-hybridized carbons (Fsp3) is 0.462. The normalized spacial score (nSPS) is 10.7. The van der Waals surface area contributed by atoms with Gasteiger partial charge in [-0.05, 0) is 18.4 Å². The molecule has 0 heterocycles. The molecule has 0 aliphatic rings. The summed E-state index contributed by atoms with van der Waals surface area (Å²) in [7, 11) is 0. The van der Waals surface area contributed by atoms with Crippen LogP contribution in [-0.2, 0) is 4.74 Å². The minimum atomic E-state index is 0.0483. The lowest BCUT2D eigenvalue weighted by Gasteiger charge is -2.06. The van der Waals surface area contributed by atoms with Crippen molar-refractivity contribution in [1.29, 1.82) is 0 Å². The van der Waals surface area contributed by atoms with E-state index < -0.39 is 0 Å². The molecular formula is C13H18O2. The van der Waals surface area contributed by atoms with Gasteiger partial charge >= 0.3 is 0 Å². The number of benzene rings is 1. The summed E-state index contributed by atoms with van der Waals surface area (Å²) < 4.78 is 5.08. The molecule has 0 saturated carbocycles. The monoisotopic (exact) mass is 206 g/mol. The van der Waals surface area contributed by atoms with E-state index in [4.69, 9.17) is 4.74 Å². The molecule has 0 aromatic heterocycles. The van der Waals surface area contributed by atoms with Crippen molar-refractivity contribution in [3.8, 4) is 0 Å². The minimum Gasteiger partial charge on any atom is -0.374 e. The average molecular weight is 206 g/mol. The Bertz CT molecular complexity index is 312. The summed E-state index contributed by atoms with van der Waals surface area (Å²) in [6.45, 7) is 6.91. The Kier molecular flexibility index (Phi) is 4.50. The van der Waals surface area contributed by atoms with E-state index in [-0.39, 0.29) is 12.4 Å². The van der Waals surface area contributed by atoms with Crippen molar-refractivity contribution in [1.82, 2.24) is 0 Å². The van der Waals surface area contributed by atoms with Gasteiger partial charge in [-0.1, -0.05) is 38.1 Å². The highest BCUT2D eigenvalue weighted by atomic mass is 16.5. The molecule has 2 nitrogen and oxygen atoms in total. The minimum absolute atomic E-state index is 0.0483. The average Bonchev–Trinajstić information content (AvgIpc) is 2.26. The van der Waals surface area contributed by atoms with E-state index in [1.54, 1.807) is 0 Å². The third-order valence-electron chi connectivity index (χ3n) is 2.34. The summed E-state index contributed by atoms with van der Waals surface area (Å²) in [4.78, 5) is 11.6. The summed E-state index contributed by atoms with van der Waals surface area (Å²) in [5, 5.41) is 0. The van der Waals surface area contributed by atoms with Crippen LogP contribution >= 0.6 is 0 Å². The maximum atomic E-state index is 11.6. The summed E-state index contributed by atoms with van der Waals surface area (Å²) in [6, 6.07) is 7.75. The van der Waals surface area contributed by atoms with Crippen LogP contribution in [0.4, 0.5) is 0 Å². The Labute approximate surface area is 91.3 Å². The molecule has 0 fully saturated rings. The summed E-state index contributed by atoms with van der Waals surface area (Å²) in [5.74, 6) is 0.549. The third kappa shape index (κ3) is 3.48. The van der Waals surface area contributed by atoms with Crippen LogP contribution in [0.15, 0.2) is 24.3 Å². The van der Waals surface area contributed by atoms with Gasteiger partial charge in [-0.25, -0.2) is 0 Å². The highest BCUT2D eigenvalue weighted by Gasteiger charge is 2.06. The van der Waals surface area contributed by atoms with Crippen LogP contribution < -0.4 is 0 Å². The molecular weight excluding hydrogens is 188 g/mol. The summed E-state index contributed by atoms with van der Waals surface area (Å²) in [6.07, 6.45) is 0. The summed E-state index contributed by atoms with van der Waals surface area (Å²) in [5.41, 5.74) is 1.98. The lowest BCUT2D eigenvalue weighted by Crippen LogP contribution is -2.08. The number of hydrogen-bond acceptors (Lipinski definition) is 2. The van der Waals surface area contributed by atoms with Crippen LogP contribution in [0, 0.1) is 0 Å². The van der Waals surface area contributed by atoms with E-state index in [0.717, 1.165) is 5.56 Å². The first kappa shape index (κ1) is 11.9. The number of ketones is 1. The lowest BCUT2D eigenvalue weighted by atomic mass is 10.0. The van der Waals surface area contributed by atoms with Crippen LogP contribution in [0.3, 0.4) is 0 Å². The van der Waals surface area contributed by atoms with E-state index in [0.29, 0.717) is 12.5 Å². The smallest absolute Gasteiger partial charge is 0.188 e. The second-order valence-corrected chi connectivity index (χ2v) is 3.84. The Hall–Kier alpha value is -1.15. The number of hydrogen-bond donors (Lipinski definition) is 0. The molecule has 15 heavy (non-hydrogen) atoms. The second kappa shape index (κ2) is 5.66. The molecule has 0 aliphatic heterocycles. The molecule has 0 radical (unpaired) electrons. The molecule has 1 aromatic rings. The highest BCUT2D eigenvalue weighted by Crippen LogP contribution is 2.14. The maximum absolute atomic E-state index is 11.6. The zero-order chi connectivity index (χ0) is 11.3. The van der Waals surface area contributed by atoms with Crippen LogP contribution in [0.25, 0.3) is 0 Å². The Morgan fingerprint density at radius 2 is 1.87 bits per heavy atom. The van der Waals surface area contributed by atoms with Gasteiger partial charge in [0.05, 0.1) is 0 Å². The zero-order valence-electron chi connectivity index (χ0n) is 9.62. The second-order valence-electron chi connectivity index (χ2n) is 3.84. The zero-order valence-corrected chi connectivity index (χ0v) is 9.62. The quantitative estimate of drug-likeness (QED) is 0.692. The number of carbonyl (C=O) groups is 1. The van der Waals surface area contributed by atoms with Gasteiger partial charge in [-0.15, -0.1) is 0 Å². The number of rotatable bonds is 5. The lowest BCUT2D eigenvalue weighted by molar-refractivity contribution is 0.0783. The predicted molar refractivity (Wildman–Crippen MR) is 61.4 cm³/mol. The molecule has 82 valence electrons. The van der Waals surface area contributed by atoms with Crippen molar-refractivity contribution in [3.63, 3.8) is 0 Å². The first-order valence-electron chi connectivity index (χ1n) is 5.36. The van der Waals surface area contributed by atoms with Gasteiger partial charge in [-0.3, -0.25) is 4.79 Å². The first-order valence-corrected chi connectivity index (χ1v) is 5.36. The molecule has 0 spiro atoms. The van der Waals surface area contributed by atoms with Gasteiger partial charge in [0.1, 0.15) is 6.61 Å². The van der Waals surface area contributed by atoms with Crippen LogP contribution in [0.2, 0.25) is 0 Å². The highest BCUT2D eigenvalue weighted by molar-refractivity contribution is 5.97. The van der Waals surface area contributed by atoms with E-state index in [1.807, 2.05) is 31.2 Å². The Morgan fingerprint density at radius 3 is 2.33 bits per heavy atom. The Balaban J connectivity index is 2.67. The fourth-order valence-electron chi connectivity index (χ4n) is 1.33. The molecule has 1 rings (SSSR count). The predicted octanol–water partition coefficient (Wildman–Crippen LogP) is 3.03. The van der Waals surface area contributed by atoms with Crippen molar-refractivity contribution in [2.45, 2.75) is 26.7 Å². The van der Waals surface area contributed by atoms with Gasteiger partial charge < -0.3 is 4.74 Å². The van der Waals surface area contributed by atoms with E-state index in [1.165, 1.54) is 5.56 Å². The van der Waals surface area contributed by atoms with Crippen LogP contribution in [0.5, 0.6) is 0 Å². The van der Waals surface area contributed by atoms with Crippen LogP contribution in [0.1, 0.15) is 42.6 Å². The molecule has 1 aromatic carbocycles. The van der Waals surface area contributed by atoms with Gasteiger partial charge in [0.15, 0.2) is 5.78 Å². The SMILES string of the molecule is CCOCC(=O)c1ccc(C(C)C)cc1. The van der Waals surface area contributed by atoms with Crippen LogP contribution in [-0.4, -0.2) is 19.0 Å². The fourth-order valence-corrected chi connectivity index (χ4v) is 1.33. The number of carbonyl (C=O) groups excluding carboxylic acids is 1. The van der Waals surface area contributed by atoms with Crippen molar-refractivity contribution in [2.75, 3.05) is 13.2 Å². The first-order chi connectivity index (χ1) is 7.15. The van der Waals surface area contributed by atoms with E-state index in [2.05, 4.69) is 13.8 Å². The largest absolute Gasteiger partial charge is 0.374 e. The maximum Gasteiger partial charge on any atom is 0.188 e. The molecule has 0 unspecified atom stereocenters. The van der Waals surface area contributed by atoms with Crippen molar-refractivity contribution in [3.05, 3.63) is 35.4 Å². The van der Waals surface area contributed by atoms with Gasteiger partial charge in [0, 0.05) is 12.2 Å². The molecule has 0 aliphatic carbocycles. The van der Waals surface area contributed by atoms with Gasteiger partial charge in [-0.2, -0.15) is 0 Å². The molecule has 0 atom stereocenters. The molecule has 0 N–H and O–H groups in total. The molecule has 2 heteroatoms. The van der Waals surface area contributed by atoms with Crippen molar-refractivity contribution >= 4 is 5.78 Å². The van der Waals surface area contributed by atoms with Crippen molar-refractivity contribution in [2.24, 2.45) is 0 Å². The molecule has 0 amide bonds. The van der Waals surface area contributed by atoms with Crippen molar-refractivity contribution < 1.29 is 9.53 Å². The van der Waals surface area contributed by atoms with E-state index in [9.17, 15) is 4.79 Å². The number of ether oxygens (including phenoxy) is 1. The topological polar surface area (TPSA) is 26.3 Å². The number of Topliss-reactive ketones (excluding diaryl/α,β-unsaturated/α-hetero) is 1. The molecule has 0 bridgehead atoms. The standard InChI is InChI=1S/C13H18O2/c1-4-15-9-13(14)12-7-5-11(6-8-12)10(2)3/h5-8,10H,4,9H2,1-3H3.